The zero-order chi connectivity index (χ0) is 11.4. The van der Waals surface area contributed by atoms with E-state index >= 15 is 0 Å². The Morgan fingerprint density at radius 3 is 3.06 bits per heavy atom. The van der Waals surface area contributed by atoms with Gasteiger partial charge in [-0.25, -0.2) is 0 Å². The minimum Gasteiger partial charge on any atom is -0.493 e. The van der Waals surface area contributed by atoms with Crippen molar-refractivity contribution >= 4 is 0 Å². The van der Waals surface area contributed by atoms with E-state index < -0.39 is 0 Å². The summed E-state index contributed by atoms with van der Waals surface area (Å²) < 4.78 is 11.0. The third-order valence-electron chi connectivity index (χ3n) is 2.88. The minimum absolute atomic E-state index is 0.0260. The van der Waals surface area contributed by atoms with Crippen molar-refractivity contribution < 1.29 is 14.6 Å². The van der Waals surface area contributed by atoms with Crippen LogP contribution in [0.3, 0.4) is 0 Å². The molecular formula is C13H18O3. The molecule has 1 N–H and O–H groups in total. The normalized spacial score (nSPS) is 20.0. The predicted molar refractivity (Wildman–Crippen MR) is 61.5 cm³/mol. The second-order valence-electron chi connectivity index (χ2n) is 4.31. The number of aliphatic hydroxyl groups is 1. The lowest BCUT2D eigenvalue weighted by atomic mass is 10.1. The fraction of sp³-hybridized carbons (Fsp3) is 0.538. The molecular weight excluding hydrogens is 204 g/mol. The first-order valence-corrected chi connectivity index (χ1v) is 5.70. The standard InChI is InChI=1S/C13H18O3/c1-10-2-3-13(12(6-10)7-14)16-9-11-4-5-15-8-11/h2-3,6,11,14H,4-5,7-9H2,1H3. The molecule has 3 heteroatoms. The van der Waals surface area contributed by atoms with E-state index in [-0.39, 0.29) is 6.61 Å². The first kappa shape index (κ1) is 11.4. The number of ether oxygens (including phenoxy) is 2. The van der Waals surface area contributed by atoms with Crippen molar-refractivity contribution in [1.82, 2.24) is 0 Å². The van der Waals surface area contributed by atoms with E-state index in [9.17, 15) is 5.11 Å². The highest BCUT2D eigenvalue weighted by Crippen LogP contribution is 2.22. The van der Waals surface area contributed by atoms with Gasteiger partial charge < -0.3 is 14.6 Å². The fourth-order valence-electron chi connectivity index (χ4n) is 1.90. The van der Waals surface area contributed by atoms with Crippen molar-refractivity contribution in [2.45, 2.75) is 20.0 Å². The van der Waals surface area contributed by atoms with Gasteiger partial charge in [0.15, 0.2) is 0 Å². The van der Waals surface area contributed by atoms with Crippen LogP contribution in [0.15, 0.2) is 18.2 Å². The van der Waals surface area contributed by atoms with Gasteiger partial charge in [0.05, 0.1) is 19.8 Å². The molecule has 1 aliphatic rings. The molecule has 16 heavy (non-hydrogen) atoms. The molecule has 1 saturated heterocycles. The fourth-order valence-corrected chi connectivity index (χ4v) is 1.90. The van der Waals surface area contributed by atoms with E-state index in [1.807, 2.05) is 25.1 Å². The third-order valence-corrected chi connectivity index (χ3v) is 2.88. The van der Waals surface area contributed by atoms with Crippen LogP contribution in [0.4, 0.5) is 0 Å². The van der Waals surface area contributed by atoms with Crippen molar-refractivity contribution in [1.29, 1.82) is 0 Å². The maximum atomic E-state index is 9.23. The average molecular weight is 222 g/mol. The van der Waals surface area contributed by atoms with Crippen LogP contribution in [0.2, 0.25) is 0 Å². The smallest absolute Gasteiger partial charge is 0.124 e. The SMILES string of the molecule is Cc1ccc(OCC2CCOC2)c(CO)c1. The summed E-state index contributed by atoms with van der Waals surface area (Å²) in [5.41, 5.74) is 2.00. The van der Waals surface area contributed by atoms with Crippen LogP contribution in [0, 0.1) is 12.8 Å². The van der Waals surface area contributed by atoms with Crippen LogP contribution < -0.4 is 4.74 Å². The molecule has 0 spiro atoms. The molecule has 1 heterocycles. The molecule has 0 aliphatic carbocycles. The number of rotatable bonds is 4. The highest BCUT2D eigenvalue weighted by molar-refractivity contribution is 5.36. The van der Waals surface area contributed by atoms with Crippen LogP contribution in [0.1, 0.15) is 17.5 Å². The summed E-state index contributed by atoms with van der Waals surface area (Å²) in [5.74, 6) is 1.29. The van der Waals surface area contributed by atoms with Crippen molar-refractivity contribution in [2.24, 2.45) is 5.92 Å². The lowest BCUT2D eigenvalue weighted by molar-refractivity contribution is 0.165. The Labute approximate surface area is 96.0 Å². The van der Waals surface area contributed by atoms with Gasteiger partial charge in [-0.05, 0) is 19.4 Å². The Kier molecular flexibility index (Phi) is 3.80. The number of benzene rings is 1. The van der Waals surface area contributed by atoms with Gasteiger partial charge in [0, 0.05) is 18.1 Å². The van der Waals surface area contributed by atoms with Crippen molar-refractivity contribution in [3.05, 3.63) is 29.3 Å². The molecule has 3 nitrogen and oxygen atoms in total. The van der Waals surface area contributed by atoms with Crippen LogP contribution in [0.25, 0.3) is 0 Å². The largest absolute Gasteiger partial charge is 0.493 e. The molecule has 0 bridgehead atoms. The minimum atomic E-state index is 0.0260. The highest BCUT2D eigenvalue weighted by Gasteiger charge is 2.16. The van der Waals surface area contributed by atoms with Gasteiger partial charge in [-0.15, -0.1) is 0 Å². The predicted octanol–water partition coefficient (Wildman–Crippen LogP) is 1.90. The summed E-state index contributed by atoms with van der Waals surface area (Å²) in [5, 5.41) is 9.23. The van der Waals surface area contributed by atoms with E-state index in [1.165, 1.54) is 0 Å². The van der Waals surface area contributed by atoms with Crippen LogP contribution >= 0.6 is 0 Å². The summed E-state index contributed by atoms with van der Waals surface area (Å²) in [4.78, 5) is 0. The Hall–Kier alpha value is -1.06. The maximum Gasteiger partial charge on any atom is 0.124 e. The number of hydrogen-bond donors (Lipinski definition) is 1. The van der Waals surface area contributed by atoms with Crippen molar-refractivity contribution in [3.8, 4) is 5.75 Å². The number of aliphatic hydroxyl groups excluding tert-OH is 1. The van der Waals surface area contributed by atoms with Crippen molar-refractivity contribution in [3.63, 3.8) is 0 Å². The summed E-state index contributed by atoms with van der Waals surface area (Å²) in [6.07, 6.45) is 1.07. The number of hydrogen-bond acceptors (Lipinski definition) is 3. The molecule has 1 aromatic carbocycles. The Morgan fingerprint density at radius 1 is 1.50 bits per heavy atom. The van der Waals surface area contributed by atoms with Gasteiger partial charge in [0.25, 0.3) is 0 Å². The molecule has 1 atom stereocenters. The topological polar surface area (TPSA) is 38.7 Å². The molecule has 1 aliphatic heterocycles. The van der Waals surface area contributed by atoms with Crippen LogP contribution in [0.5, 0.6) is 5.75 Å². The molecule has 0 saturated carbocycles. The molecule has 2 rings (SSSR count). The molecule has 88 valence electrons. The zero-order valence-electron chi connectivity index (χ0n) is 9.61. The quantitative estimate of drug-likeness (QED) is 0.845. The van der Waals surface area contributed by atoms with Gasteiger partial charge in [-0.1, -0.05) is 17.7 Å². The second kappa shape index (κ2) is 5.32. The molecule has 0 aromatic heterocycles. The van der Waals surface area contributed by atoms with Crippen molar-refractivity contribution in [2.75, 3.05) is 19.8 Å². The summed E-state index contributed by atoms with van der Waals surface area (Å²) in [6.45, 7) is 4.34. The highest BCUT2D eigenvalue weighted by atomic mass is 16.5. The van der Waals surface area contributed by atoms with Gasteiger partial charge in [0.2, 0.25) is 0 Å². The van der Waals surface area contributed by atoms with E-state index in [1.54, 1.807) is 0 Å². The third kappa shape index (κ3) is 2.74. The molecule has 0 amide bonds. The van der Waals surface area contributed by atoms with Crippen LogP contribution in [-0.4, -0.2) is 24.9 Å². The summed E-state index contributed by atoms with van der Waals surface area (Å²) in [7, 11) is 0. The molecule has 1 aromatic rings. The summed E-state index contributed by atoms with van der Waals surface area (Å²) >= 11 is 0. The van der Waals surface area contributed by atoms with Gasteiger partial charge in [0.1, 0.15) is 5.75 Å². The van der Waals surface area contributed by atoms with E-state index in [0.717, 1.165) is 36.5 Å². The van der Waals surface area contributed by atoms with Gasteiger partial charge in [-0.2, -0.15) is 0 Å². The molecule has 1 fully saturated rings. The van der Waals surface area contributed by atoms with E-state index in [2.05, 4.69) is 0 Å². The first-order chi connectivity index (χ1) is 7.79. The van der Waals surface area contributed by atoms with E-state index in [4.69, 9.17) is 9.47 Å². The number of aryl methyl sites for hydroxylation is 1. The Bertz CT molecular complexity index is 343. The monoisotopic (exact) mass is 222 g/mol. The lowest BCUT2D eigenvalue weighted by Crippen LogP contribution is -2.12. The second-order valence-corrected chi connectivity index (χ2v) is 4.31. The van der Waals surface area contributed by atoms with E-state index in [0.29, 0.717) is 12.5 Å². The first-order valence-electron chi connectivity index (χ1n) is 5.70. The molecule has 1 unspecified atom stereocenters. The van der Waals surface area contributed by atoms with Gasteiger partial charge >= 0.3 is 0 Å². The van der Waals surface area contributed by atoms with Crippen LogP contribution in [-0.2, 0) is 11.3 Å². The zero-order valence-corrected chi connectivity index (χ0v) is 9.61. The lowest BCUT2D eigenvalue weighted by Gasteiger charge is -2.13. The Balaban J connectivity index is 1.97. The average Bonchev–Trinajstić information content (AvgIpc) is 2.80. The summed E-state index contributed by atoms with van der Waals surface area (Å²) in [6, 6.07) is 5.89. The Morgan fingerprint density at radius 2 is 2.38 bits per heavy atom. The molecule has 0 radical (unpaired) electrons. The maximum absolute atomic E-state index is 9.23. The van der Waals surface area contributed by atoms with Gasteiger partial charge in [-0.3, -0.25) is 0 Å².